The van der Waals surface area contributed by atoms with Gasteiger partial charge in [-0.15, -0.1) is 0 Å². The number of rotatable bonds is 7. The van der Waals surface area contributed by atoms with Gasteiger partial charge in [-0.25, -0.2) is 27.0 Å². The molecule has 11 heteroatoms. The van der Waals surface area contributed by atoms with Crippen molar-refractivity contribution >= 4 is 22.0 Å². The van der Waals surface area contributed by atoms with E-state index < -0.39 is 28.1 Å². The number of esters is 1. The Morgan fingerprint density at radius 3 is 2.32 bits per heavy atom. The molecule has 1 aromatic heterocycles. The van der Waals surface area contributed by atoms with E-state index in [9.17, 15) is 18.0 Å². The largest absolute Gasteiger partial charge is 0.459 e. The molecule has 4 rings (SSSR count). The highest BCUT2D eigenvalue weighted by Crippen LogP contribution is 2.35. The number of sulfonamides is 1. The standard InChI is InChI=1S/C26H29N5O5S/c1-16(2)36-25(32)22-17(3)27-26(33)28-24(22)21-15-31(19-9-7-6-8-10-19)29-23(21)18-11-13-20(14-12-18)37(34,35)30(4)5/h6-16,24H,1-5H3,(H2,27,28,33)/t24-/m1/s1. The molecule has 0 bridgehead atoms. The number of ether oxygens (including phenoxy) is 1. The van der Waals surface area contributed by atoms with Crippen LogP contribution in [0.2, 0.25) is 0 Å². The highest BCUT2D eigenvalue weighted by molar-refractivity contribution is 7.89. The molecule has 1 aliphatic rings. The van der Waals surface area contributed by atoms with Gasteiger partial charge in [-0.2, -0.15) is 5.10 Å². The molecule has 0 saturated carbocycles. The number of carbonyl (C=O) groups excluding carboxylic acids is 2. The van der Waals surface area contributed by atoms with Crippen LogP contribution in [-0.4, -0.2) is 54.7 Å². The van der Waals surface area contributed by atoms with Gasteiger partial charge in [0.05, 0.1) is 34.0 Å². The average molecular weight is 524 g/mol. The minimum Gasteiger partial charge on any atom is -0.459 e. The normalized spacial score (nSPS) is 16.1. The maximum absolute atomic E-state index is 13.1. The van der Waals surface area contributed by atoms with Crippen LogP contribution in [0.15, 0.2) is 77.0 Å². The number of allylic oxidation sites excluding steroid dienone is 1. The third-order valence-corrected chi connectivity index (χ3v) is 7.64. The number of hydrogen-bond donors (Lipinski definition) is 2. The van der Waals surface area contributed by atoms with Crippen molar-refractivity contribution in [3.05, 3.63) is 77.6 Å². The fourth-order valence-electron chi connectivity index (χ4n) is 4.01. The summed E-state index contributed by atoms with van der Waals surface area (Å²) in [4.78, 5) is 25.7. The predicted molar refractivity (Wildman–Crippen MR) is 138 cm³/mol. The summed E-state index contributed by atoms with van der Waals surface area (Å²) in [5, 5.41) is 10.2. The molecule has 0 aliphatic carbocycles. The SMILES string of the molecule is CC1=C(C(=O)OC(C)C)[C@@H](c2cn(-c3ccccc3)nc2-c2ccc(S(=O)(=O)N(C)C)cc2)NC(=O)N1. The van der Waals surface area contributed by atoms with Crippen molar-refractivity contribution in [2.75, 3.05) is 14.1 Å². The van der Waals surface area contributed by atoms with Crippen molar-refractivity contribution in [3.63, 3.8) is 0 Å². The Bertz CT molecular complexity index is 1460. The molecule has 2 heterocycles. The zero-order valence-corrected chi connectivity index (χ0v) is 22.0. The minimum atomic E-state index is -3.62. The van der Waals surface area contributed by atoms with E-state index in [0.29, 0.717) is 22.5 Å². The predicted octanol–water partition coefficient (Wildman–Crippen LogP) is 3.37. The Balaban J connectivity index is 1.88. The average Bonchev–Trinajstić information content (AvgIpc) is 3.29. The molecular weight excluding hydrogens is 494 g/mol. The Kier molecular flexibility index (Phi) is 7.19. The van der Waals surface area contributed by atoms with Gasteiger partial charge in [0, 0.05) is 37.1 Å². The highest BCUT2D eigenvalue weighted by atomic mass is 32.2. The smallest absolute Gasteiger partial charge is 0.338 e. The van der Waals surface area contributed by atoms with Crippen LogP contribution in [0.1, 0.15) is 32.4 Å². The van der Waals surface area contributed by atoms with Crippen LogP contribution in [0.5, 0.6) is 0 Å². The van der Waals surface area contributed by atoms with E-state index in [1.807, 2.05) is 30.3 Å². The highest BCUT2D eigenvalue weighted by Gasteiger charge is 2.35. The summed E-state index contributed by atoms with van der Waals surface area (Å²) >= 11 is 0. The molecule has 1 aliphatic heterocycles. The van der Waals surface area contributed by atoms with Crippen LogP contribution in [-0.2, 0) is 19.6 Å². The van der Waals surface area contributed by atoms with Gasteiger partial charge in [-0.05, 0) is 45.0 Å². The second-order valence-corrected chi connectivity index (χ2v) is 11.2. The zero-order chi connectivity index (χ0) is 26.9. The Morgan fingerprint density at radius 1 is 1.08 bits per heavy atom. The second kappa shape index (κ2) is 10.2. The van der Waals surface area contributed by atoms with Crippen LogP contribution in [0.4, 0.5) is 4.79 Å². The van der Waals surface area contributed by atoms with Crippen LogP contribution in [0, 0.1) is 0 Å². The van der Waals surface area contributed by atoms with Gasteiger partial charge in [0.25, 0.3) is 0 Å². The lowest BCUT2D eigenvalue weighted by molar-refractivity contribution is -0.143. The van der Waals surface area contributed by atoms with E-state index in [-0.39, 0.29) is 16.6 Å². The lowest BCUT2D eigenvalue weighted by Gasteiger charge is -2.28. The molecule has 3 aromatic rings. The molecule has 1 atom stereocenters. The van der Waals surface area contributed by atoms with Crippen LogP contribution >= 0.6 is 0 Å². The van der Waals surface area contributed by atoms with Crippen LogP contribution < -0.4 is 10.6 Å². The van der Waals surface area contributed by atoms with Crippen molar-refractivity contribution in [2.45, 2.75) is 37.8 Å². The Morgan fingerprint density at radius 2 is 1.73 bits per heavy atom. The number of nitrogens with zero attached hydrogens (tertiary/aromatic N) is 3. The van der Waals surface area contributed by atoms with Crippen molar-refractivity contribution in [1.82, 2.24) is 24.7 Å². The first-order valence-corrected chi connectivity index (χ1v) is 13.1. The van der Waals surface area contributed by atoms with Gasteiger partial charge in [0.2, 0.25) is 10.0 Å². The van der Waals surface area contributed by atoms with Crippen LogP contribution in [0.3, 0.4) is 0 Å². The molecular formula is C26H29N5O5S. The van der Waals surface area contributed by atoms with Gasteiger partial charge >= 0.3 is 12.0 Å². The van der Waals surface area contributed by atoms with E-state index in [2.05, 4.69) is 10.6 Å². The maximum atomic E-state index is 13.1. The van der Waals surface area contributed by atoms with Gasteiger partial charge in [0.1, 0.15) is 0 Å². The number of amides is 2. The van der Waals surface area contributed by atoms with E-state index in [1.54, 1.807) is 43.8 Å². The summed E-state index contributed by atoms with van der Waals surface area (Å²) in [5.74, 6) is -0.559. The third-order valence-electron chi connectivity index (χ3n) is 5.81. The first-order chi connectivity index (χ1) is 17.5. The number of para-hydroxylation sites is 1. The summed E-state index contributed by atoms with van der Waals surface area (Å²) in [5.41, 5.74) is 3.06. The monoisotopic (exact) mass is 523 g/mol. The number of benzene rings is 2. The van der Waals surface area contributed by atoms with Crippen LogP contribution in [0.25, 0.3) is 16.9 Å². The fourth-order valence-corrected chi connectivity index (χ4v) is 4.91. The van der Waals surface area contributed by atoms with E-state index in [1.165, 1.54) is 26.2 Å². The summed E-state index contributed by atoms with van der Waals surface area (Å²) in [6.45, 7) is 5.14. The first-order valence-electron chi connectivity index (χ1n) is 11.7. The summed E-state index contributed by atoms with van der Waals surface area (Å²) in [7, 11) is -0.682. The van der Waals surface area contributed by atoms with E-state index in [4.69, 9.17) is 9.84 Å². The maximum Gasteiger partial charge on any atom is 0.338 e. The number of nitrogens with one attached hydrogen (secondary N) is 2. The molecule has 0 unspecified atom stereocenters. The molecule has 0 radical (unpaired) electrons. The quantitative estimate of drug-likeness (QED) is 0.458. The number of carbonyl (C=O) groups is 2. The van der Waals surface area contributed by atoms with Gasteiger partial charge in [0.15, 0.2) is 0 Å². The molecule has 2 amide bonds. The molecule has 37 heavy (non-hydrogen) atoms. The number of aromatic nitrogens is 2. The number of hydrogen-bond acceptors (Lipinski definition) is 6. The molecule has 0 fully saturated rings. The number of urea groups is 1. The van der Waals surface area contributed by atoms with E-state index in [0.717, 1.165) is 9.99 Å². The van der Waals surface area contributed by atoms with Gasteiger partial charge < -0.3 is 15.4 Å². The topological polar surface area (TPSA) is 123 Å². The molecule has 2 N–H and O–H groups in total. The minimum absolute atomic E-state index is 0.136. The van der Waals surface area contributed by atoms with E-state index >= 15 is 0 Å². The van der Waals surface area contributed by atoms with Crippen molar-refractivity contribution in [1.29, 1.82) is 0 Å². The van der Waals surface area contributed by atoms with Crippen molar-refractivity contribution in [2.24, 2.45) is 0 Å². The third kappa shape index (κ3) is 5.27. The van der Waals surface area contributed by atoms with Gasteiger partial charge in [-0.3, -0.25) is 0 Å². The van der Waals surface area contributed by atoms with Crippen molar-refractivity contribution < 1.29 is 22.7 Å². The Hall–Kier alpha value is -3.96. The Labute approximate surface area is 216 Å². The lowest BCUT2D eigenvalue weighted by atomic mass is 9.94. The molecule has 0 spiro atoms. The second-order valence-electron chi connectivity index (χ2n) is 9.05. The fraction of sp³-hybridized carbons (Fsp3) is 0.269. The molecule has 0 saturated heterocycles. The first kappa shape index (κ1) is 26.1. The van der Waals surface area contributed by atoms with Gasteiger partial charge in [-0.1, -0.05) is 30.3 Å². The summed E-state index contributed by atoms with van der Waals surface area (Å²) in [6.07, 6.45) is 1.39. The lowest BCUT2D eigenvalue weighted by Crippen LogP contribution is -2.45. The zero-order valence-electron chi connectivity index (χ0n) is 21.2. The molecule has 194 valence electrons. The summed E-state index contributed by atoms with van der Waals surface area (Å²) < 4.78 is 33.4. The molecule has 2 aromatic carbocycles. The molecule has 10 nitrogen and oxygen atoms in total. The summed E-state index contributed by atoms with van der Waals surface area (Å²) in [6, 6.07) is 14.4. The van der Waals surface area contributed by atoms with Crippen molar-refractivity contribution in [3.8, 4) is 16.9 Å².